The van der Waals surface area contributed by atoms with Gasteiger partial charge in [0.25, 0.3) is 0 Å². The molecular formula is C14H20FNO. The van der Waals surface area contributed by atoms with Gasteiger partial charge in [0.05, 0.1) is 6.10 Å². The van der Waals surface area contributed by atoms with Gasteiger partial charge < -0.3 is 10.1 Å². The first-order valence-electron chi connectivity index (χ1n) is 6.27. The van der Waals surface area contributed by atoms with Crippen molar-refractivity contribution in [3.8, 4) is 0 Å². The first-order chi connectivity index (χ1) is 8.22. The molecule has 94 valence electrons. The van der Waals surface area contributed by atoms with Crippen LogP contribution in [-0.2, 0) is 4.74 Å². The monoisotopic (exact) mass is 237 g/mol. The molecule has 0 spiro atoms. The van der Waals surface area contributed by atoms with E-state index in [9.17, 15) is 4.39 Å². The van der Waals surface area contributed by atoms with Gasteiger partial charge >= 0.3 is 0 Å². The van der Waals surface area contributed by atoms with Gasteiger partial charge in [0.2, 0.25) is 0 Å². The first-order valence-corrected chi connectivity index (χ1v) is 6.27. The molecule has 0 aromatic heterocycles. The highest BCUT2D eigenvalue weighted by Gasteiger charge is 2.30. The van der Waals surface area contributed by atoms with Crippen LogP contribution in [0, 0.1) is 5.82 Å². The van der Waals surface area contributed by atoms with Gasteiger partial charge in [-0.1, -0.05) is 19.1 Å². The van der Waals surface area contributed by atoms with Crippen molar-refractivity contribution in [2.24, 2.45) is 0 Å². The lowest BCUT2D eigenvalue weighted by Gasteiger charge is -2.37. The summed E-state index contributed by atoms with van der Waals surface area (Å²) in [5.74, 6) is -0.161. The van der Waals surface area contributed by atoms with E-state index < -0.39 is 0 Å². The molecule has 1 saturated carbocycles. The highest BCUT2D eigenvalue weighted by Crippen LogP contribution is 2.27. The summed E-state index contributed by atoms with van der Waals surface area (Å²) < 4.78 is 18.4. The van der Waals surface area contributed by atoms with Gasteiger partial charge in [-0.3, -0.25) is 0 Å². The predicted octanol–water partition coefficient (Wildman–Crippen LogP) is 3.04. The number of ether oxygens (including phenoxy) is 1. The molecule has 1 unspecified atom stereocenters. The van der Waals surface area contributed by atoms with Crippen LogP contribution in [0.4, 0.5) is 4.39 Å². The minimum atomic E-state index is -0.161. The Bertz CT molecular complexity index is 363. The molecule has 17 heavy (non-hydrogen) atoms. The topological polar surface area (TPSA) is 21.3 Å². The molecule has 1 atom stereocenters. The van der Waals surface area contributed by atoms with Crippen LogP contribution in [0.25, 0.3) is 0 Å². The molecule has 1 aromatic rings. The lowest BCUT2D eigenvalue weighted by atomic mass is 9.87. The minimum absolute atomic E-state index is 0.161. The molecule has 0 bridgehead atoms. The van der Waals surface area contributed by atoms with E-state index in [1.807, 2.05) is 6.07 Å². The van der Waals surface area contributed by atoms with Gasteiger partial charge in [0.15, 0.2) is 0 Å². The van der Waals surface area contributed by atoms with Crippen LogP contribution in [0.15, 0.2) is 24.3 Å². The second kappa shape index (κ2) is 5.61. The lowest BCUT2D eigenvalue weighted by Crippen LogP contribution is -2.46. The average molecular weight is 237 g/mol. The Kier molecular flexibility index (Phi) is 4.13. The summed E-state index contributed by atoms with van der Waals surface area (Å²) in [6, 6.07) is 7.61. The summed E-state index contributed by atoms with van der Waals surface area (Å²) >= 11 is 0. The van der Waals surface area contributed by atoms with Crippen LogP contribution in [0.1, 0.15) is 37.8 Å². The standard InChI is InChI=1S/C14H20FNO/c1-3-14(10-5-4-6-11(15)7-10)16-12-8-13(9-12)17-2/h4-7,12-14,16H,3,8-9H2,1-2H3. The van der Waals surface area contributed by atoms with Crippen molar-refractivity contribution in [3.05, 3.63) is 35.6 Å². The molecule has 1 fully saturated rings. The molecule has 2 nitrogen and oxygen atoms in total. The van der Waals surface area contributed by atoms with Crippen molar-refractivity contribution < 1.29 is 9.13 Å². The Labute approximate surface area is 102 Å². The van der Waals surface area contributed by atoms with E-state index in [2.05, 4.69) is 12.2 Å². The highest BCUT2D eigenvalue weighted by molar-refractivity contribution is 5.20. The quantitative estimate of drug-likeness (QED) is 0.850. The Morgan fingerprint density at radius 3 is 2.82 bits per heavy atom. The maximum Gasteiger partial charge on any atom is 0.123 e. The Morgan fingerprint density at radius 2 is 2.24 bits per heavy atom. The molecule has 0 heterocycles. The van der Waals surface area contributed by atoms with E-state index >= 15 is 0 Å². The zero-order valence-corrected chi connectivity index (χ0v) is 10.4. The maximum atomic E-state index is 13.2. The molecule has 1 aromatic carbocycles. The van der Waals surface area contributed by atoms with Crippen LogP contribution in [0.2, 0.25) is 0 Å². The number of rotatable bonds is 5. The predicted molar refractivity (Wildman–Crippen MR) is 66.4 cm³/mol. The zero-order chi connectivity index (χ0) is 12.3. The zero-order valence-electron chi connectivity index (χ0n) is 10.4. The summed E-state index contributed by atoms with van der Waals surface area (Å²) in [6.45, 7) is 2.12. The molecular weight excluding hydrogens is 217 g/mol. The van der Waals surface area contributed by atoms with Crippen molar-refractivity contribution in [2.75, 3.05) is 7.11 Å². The summed E-state index contributed by atoms with van der Waals surface area (Å²) in [6.07, 6.45) is 3.49. The molecule has 0 radical (unpaired) electrons. The molecule has 1 aliphatic rings. The van der Waals surface area contributed by atoms with E-state index in [4.69, 9.17) is 4.74 Å². The van der Waals surface area contributed by atoms with Gasteiger partial charge in [-0.15, -0.1) is 0 Å². The second-order valence-electron chi connectivity index (χ2n) is 4.71. The van der Waals surface area contributed by atoms with E-state index in [0.717, 1.165) is 24.8 Å². The fourth-order valence-electron chi connectivity index (χ4n) is 2.35. The van der Waals surface area contributed by atoms with Crippen molar-refractivity contribution in [1.29, 1.82) is 0 Å². The molecule has 2 rings (SSSR count). The molecule has 0 aliphatic heterocycles. The van der Waals surface area contributed by atoms with Crippen LogP contribution in [0.5, 0.6) is 0 Å². The Balaban J connectivity index is 1.93. The van der Waals surface area contributed by atoms with E-state index in [1.54, 1.807) is 19.2 Å². The summed E-state index contributed by atoms with van der Waals surface area (Å²) in [7, 11) is 1.75. The largest absolute Gasteiger partial charge is 0.381 e. The lowest BCUT2D eigenvalue weighted by molar-refractivity contribution is 0.0139. The Morgan fingerprint density at radius 1 is 1.47 bits per heavy atom. The number of methoxy groups -OCH3 is 1. The summed E-state index contributed by atoms with van der Waals surface area (Å²) in [4.78, 5) is 0. The van der Waals surface area contributed by atoms with Crippen molar-refractivity contribution in [3.63, 3.8) is 0 Å². The van der Waals surface area contributed by atoms with Crippen LogP contribution in [-0.4, -0.2) is 19.3 Å². The van der Waals surface area contributed by atoms with Crippen LogP contribution >= 0.6 is 0 Å². The average Bonchev–Trinajstić information content (AvgIpc) is 2.28. The Hall–Kier alpha value is -0.930. The maximum absolute atomic E-state index is 13.2. The molecule has 1 aliphatic carbocycles. The third-order valence-electron chi connectivity index (χ3n) is 3.52. The molecule has 1 N–H and O–H groups in total. The third kappa shape index (κ3) is 3.05. The van der Waals surface area contributed by atoms with E-state index in [1.165, 1.54) is 6.07 Å². The van der Waals surface area contributed by atoms with Crippen LogP contribution in [0.3, 0.4) is 0 Å². The van der Waals surface area contributed by atoms with Crippen molar-refractivity contribution >= 4 is 0 Å². The van der Waals surface area contributed by atoms with Crippen molar-refractivity contribution in [1.82, 2.24) is 5.32 Å². The van der Waals surface area contributed by atoms with Gasteiger partial charge in [-0.25, -0.2) is 4.39 Å². The number of nitrogens with one attached hydrogen (secondary N) is 1. The second-order valence-corrected chi connectivity index (χ2v) is 4.71. The van der Waals surface area contributed by atoms with Gasteiger partial charge in [-0.2, -0.15) is 0 Å². The third-order valence-corrected chi connectivity index (χ3v) is 3.52. The number of benzene rings is 1. The highest BCUT2D eigenvalue weighted by atomic mass is 19.1. The van der Waals surface area contributed by atoms with Crippen LogP contribution < -0.4 is 5.32 Å². The fraction of sp³-hybridized carbons (Fsp3) is 0.571. The molecule has 3 heteroatoms. The molecule has 0 amide bonds. The normalized spacial score (nSPS) is 25.4. The van der Waals surface area contributed by atoms with E-state index in [0.29, 0.717) is 12.1 Å². The first kappa shape index (κ1) is 12.5. The number of hydrogen-bond donors (Lipinski definition) is 1. The number of halogens is 1. The fourth-order valence-corrected chi connectivity index (χ4v) is 2.35. The van der Waals surface area contributed by atoms with E-state index in [-0.39, 0.29) is 11.9 Å². The number of hydrogen-bond acceptors (Lipinski definition) is 2. The summed E-state index contributed by atoms with van der Waals surface area (Å²) in [5, 5.41) is 3.56. The summed E-state index contributed by atoms with van der Waals surface area (Å²) in [5.41, 5.74) is 1.04. The SMILES string of the molecule is CCC(NC1CC(OC)C1)c1cccc(F)c1. The minimum Gasteiger partial charge on any atom is -0.381 e. The van der Waals surface area contributed by atoms with Gasteiger partial charge in [-0.05, 0) is 37.0 Å². The van der Waals surface area contributed by atoms with Gasteiger partial charge in [0, 0.05) is 19.2 Å². The smallest absolute Gasteiger partial charge is 0.123 e. The van der Waals surface area contributed by atoms with Crippen molar-refractivity contribution in [2.45, 2.75) is 44.4 Å². The molecule has 0 saturated heterocycles. The van der Waals surface area contributed by atoms with Gasteiger partial charge in [0.1, 0.15) is 5.82 Å².